The second kappa shape index (κ2) is 5.56. The molecule has 0 bridgehead atoms. The van der Waals surface area contributed by atoms with Gasteiger partial charge in [0, 0.05) is 10.6 Å². The highest BCUT2D eigenvalue weighted by Gasteiger charge is 2.06. The van der Waals surface area contributed by atoms with Gasteiger partial charge in [0.2, 0.25) is 0 Å². The summed E-state index contributed by atoms with van der Waals surface area (Å²) in [6.45, 7) is 0. The summed E-state index contributed by atoms with van der Waals surface area (Å²) in [5, 5.41) is 18.4. The van der Waals surface area contributed by atoms with Crippen LogP contribution in [-0.2, 0) is 5.75 Å². The molecule has 0 spiro atoms. The van der Waals surface area contributed by atoms with Gasteiger partial charge in [0.25, 0.3) is 0 Å². The van der Waals surface area contributed by atoms with Crippen molar-refractivity contribution in [1.29, 1.82) is 5.26 Å². The highest BCUT2D eigenvalue weighted by molar-refractivity contribution is 7.98. The van der Waals surface area contributed by atoms with Crippen molar-refractivity contribution in [3.05, 3.63) is 59.4 Å². The van der Waals surface area contributed by atoms with E-state index in [1.165, 1.54) is 30.0 Å². The van der Waals surface area contributed by atoms with E-state index < -0.39 is 0 Å². The molecule has 2 aromatic carbocycles. The van der Waals surface area contributed by atoms with Gasteiger partial charge in [-0.15, -0.1) is 11.8 Å². The molecular formula is C14H10FNOS. The molecule has 0 fully saturated rings. The van der Waals surface area contributed by atoms with E-state index in [0.717, 1.165) is 0 Å². The van der Waals surface area contributed by atoms with Gasteiger partial charge in [-0.05, 0) is 35.9 Å². The lowest BCUT2D eigenvalue weighted by molar-refractivity contribution is 0.462. The third kappa shape index (κ3) is 2.82. The van der Waals surface area contributed by atoms with Crippen LogP contribution in [0.4, 0.5) is 4.39 Å². The number of thioether (sulfide) groups is 1. The second-order valence-corrected chi connectivity index (χ2v) is 4.69. The number of aromatic hydroxyl groups is 1. The molecule has 2 rings (SSSR count). The fourth-order valence-electron chi connectivity index (χ4n) is 1.49. The highest BCUT2D eigenvalue weighted by Crippen LogP contribution is 2.31. The Morgan fingerprint density at radius 1 is 1.22 bits per heavy atom. The summed E-state index contributed by atoms with van der Waals surface area (Å²) >= 11 is 1.33. The second-order valence-electron chi connectivity index (χ2n) is 3.67. The normalized spacial score (nSPS) is 10.0. The smallest absolute Gasteiger partial charge is 0.129 e. The molecule has 0 aliphatic rings. The van der Waals surface area contributed by atoms with Crippen LogP contribution >= 0.6 is 11.8 Å². The first-order valence-corrected chi connectivity index (χ1v) is 6.28. The molecule has 0 aliphatic carbocycles. The lowest BCUT2D eigenvalue weighted by Crippen LogP contribution is -1.89. The fourth-order valence-corrected chi connectivity index (χ4v) is 2.41. The summed E-state index contributed by atoms with van der Waals surface area (Å²) in [5.74, 6) is 0.218. The van der Waals surface area contributed by atoms with E-state index in [1.54, 1.807) is 18.2 Å². The Hall–Kier alpha value is -1.99. The number of para-hydroxylation sites is 1. The minimum atomic E-state index is -0.336. The lowest BCUT2D eigenvalue weighted by Gasteiger charge is -2.05. The van der Waals surface area contributed by atoms with Crippen LogP contribution in [0.25, 0.3) is 0 Å². The maximum atomic E-state index is 13.5. The third-order valence-corrected chi connectivity index (χ3v) is 3.53. The maximum Gasteiger partial charge on any atom is 0.129 e. The van der Waals surface area contributed by atoms with Crippen LogP contribution in [-0.4, -0.2) is 5.11 Å². The summed E-state index contributed by atoms with van der Waals surface area (Å²) in [7, 11) is 0. The summed E-state index contributed by atoms with van der Waals surface area (Å²) in [6.07, 6.45) is 0. The fraction of sp³-hybridized carbons (Fsp3) is 0.0714. The molecule has 0 radical (unpaired) electrons. The Morgan fingerprint density at radius 3 is 2.72 bits per heavy atom. The van der Waals surface area contributed by atoms with Gasteiger partial charge >= 0.3 is 0 Å². The summed E-state index contributed by atoms with van der Waals surface area (Å²) < 4.78 is 13.5. The Morgan fingerprint density at radius 2 is 2.00 bits per heavy atom. The molecule has 90 valence electrons. The molecule has 0 aliphatic heterocycles. The van der Waals surface area contributed by atoms with E-state index in [9.17, 15) is 9.50 Å². The molecule has 2 nitrogen and oxygen atoms in total. The van der Waals surface area contributed by atoms with Gasteiger partial charge in [0.05, 0.1) is 11.6 Å². The zero-order valence-corrected chi connectivity index (χ0v) is 10.2. The zero-order valence-electron chi connectivity index (χ0n) is 9.43. The van der Waals surface area contributed by atoms with Crippen molar-refractivity contribution in [2.75, 3.05) is 0 Å². The molecule has 1 N–H and O–H groups in total. The molecule has 0 aromatic heterocycles. The van der Waals surface area contributed by atoms with Gasteiger partial charge in [0.15, 0.2) is 0 Å². The van der Waals surface area contributed by atoms with E-state index in [1.807, 2.05) is 12.1 Å². The Labute approximate surface area is 109 Å². The van der Waals surface area contributed by atoms with Crippen LogP contribution in [0.5, 0.6) is 5.75 Å². The Kier molecular flexibility index (Phi) is 3.85. The first-order chi connectivity index (χ1) is 8.70. The first kappa shape index (κ1) is 12.5. The van der Waals surface area contributed by atoms with E-state index in [2.05, 4.69) is 0 Å². The van der Waals surface area contributed by atoms with Crippen molar-refractivity contribution < 1.29 is 9.50 Å². The van der Waals surface area contributed by atoms with Gasteiger partial charge in [-0.3, -0.25) is 0 Å². The van der Waals surface area contributed by atoms with Crippen LogP contribution in [0, 0.1) is 17.1 Å². The maximum absolute atomic E-state index is 13.5. The van der Waals surface area contributed by atoms with E-state index in [0.29, 0.717) is 21.8 Å². The minimum absolute atomic E-state index is 0.180. The summed E-state index contributed by atoms with van der Waals surface area (Å²) in [5.41, 5.74) is 0.895. The van der Waals surface area contributed by atoms with Gasteiger partial charge in [-0.2, -0.15) is 5.26 Å². The lowest BCUT2D eigenvalue weighted by atomic mass is 10.1. The third-order valence-electron chi connectivity index (χ3n) is 2.42. The molecular weight excluding hydrogens is 249 g/mol. The zero-order chi connectivity index (χ0) is 13.0. The topological polar surface area (TPSA) is 44.0 Å². The number of phenolic OH excluding ortho intramolecular Hbond substituents is 1. The van der Waals surface area contributed by atoms with Gasteiger partial charge < -0.3 is 5.11 Å². The van der Waals surface area contributed by atoms with Crippen molar-refractivity contribution in [2.24, 2.45) is 0 Å². The molecule has 0 unspecified atom stereocenters. The Balaban J connectivity index is 2.16. The predicted octanol–water partition coefficient (Wildman–Crippen LogP) is 3.70. The molecule has 0 saturated heterocycles. The van der Waals surface area contributed by atoms with Crippen LogP contribution in [0.2, 0.25) is 0 Å². The monoisotopic (exact) mass is 259 g/mol. The van der Waals surface area contributed by atoms with Gasteiger partial charge in [-0.1, -0.05) is 12.1 Å². The summed E-state index contributed by atoms with van der Waals surface area (Å²) in [6, 6.07) is 13.1. The van der Waals surface area contributed by atoms with Gasteiger partial charge in [0.1, 0.15) is 11.6 Å². The van der Waals surface area contributed by atoms with Crippen molar-refractivity contribution in [3.63, 3.8) is 0 Å². The highest BCUT2D eigenvalue weighted by atomic mass is 32.2. The number of hydrogen-bond acceptors (Lipinski definition) is 3. The van der Waals surface area contributed by atoms with Crippen LogP contribution < -0.4 is 0 Å². The van der Waals surface area contributed by atoms with Crippen LogP contribution in [0.3, 0.4) is 0 Å². The van der Waals surface area contributed by atoms with Crippen molar-refractivity contribution >= 4 is 11.8 Å². The molecule has 2 aromatic rings. The summed E-state index contributed by atoms with van der Waals surface area (Å²) in [4.78, 5) is 0.694. The average Bonchev–Trinajstić information content (AvgIpc) is 2.39. The molecule has 4 heteroatoms. The molecule has 0 heterocycles. The number of phenols is 1. The number of benzene rings is 2. The largest absolute Gasteiger partial charge is 0.507 e. The number of nitrogens with zero attached hydrogens (tertiary/aromatic N) is 1. The van der Waals surface area contributed by atoms with Crippen LogP contribution in [0.1, 0.15) is 11.1 Å². The predicted molar refractivity (Wildman–Crippen MR) is 68.8 cm³/mol. The molecule has 18 heavy (non-hydrogen) atoms. The first-order valence-electron chi connectivity index (χ1n) is 5.30. The van der Waals surface area contributed by atoms with Crippen molar-refractivity contribution in [1.82, 2.24) is 0 Å². The van der Waals surface area contributed by atoms with Crippen molar-refractivity contribution in [2.45, 2.75) is 10.6 Å². The molecule has 0 saturated carbocycles. The van der Waals surface area contributed by atoms with Crippen LogP contribution in [0.15, 0.2) is 47.4 Å². The minimum Gasteiger partial charge on any atom is -0.507 e. The van der Waals surface area contributed by atoms with Gasteiger partial charge in [-0.25, -0.2) is 4.39 Å². The van der Waals surface area contributed by atoms with E-state index in [4.69, 9.17) is 5.26 Å². The quantitative estimate of drug-likeness (QED) is 0.855. The number of halogens is 1. The number of rotatable bonds is 3. The van der Waals surface area contributed by atoms with Crippen molar-refractivity contribution in [3.8, 4) is 11.8 Å². The Bertz CT molecular complexity index is 607. The molecule has 0 atom stereocenters. The van der Waals surface area contributed by atoms with E-state index in [-0.39, 0.29) is 11.6 Å². The molecule has 0 amide bonds. The SMILES string of the molecule is N#Cc1ccc(F)c(CSc2ccccc2O)c1. The standard InChI is InChI=1S/C14H10FNOS/c15-12-6-5-10(8-16)7-11(12)9-18-14-4-2-1-3-13(14)17/h1-7,17H,9H2. The van der Waals surface area contributed by atoms with E-state index >= 15 is 0 Å². The average molecular weight is 259 g/mol. The number of nitriles is 1. The number of hydrogen-bond donors (Lipinski definition) is 1.